The Morgan fingerprint density at radius 2 is 2.06 bits per heavy atom. The molecule has 0 unspecified atom stereocenters. The molecule has 16 heavy (non-hydrogen) atoms. The fraction of sp³-hybridized carbons (Fsp3) is 0.400. The third-order valence-electron chi connectivity index (χ3n) is 2.63. The summed E-state index contributed by atoms with van der Waals surface area (Å²) in [6.45, 7) is 1.79. The molecule has 0 amide bonds. The lowest BCUT2D eigenvalue weighted by Crippen LogP contribution is -2.34. The minimum absolute atomic E-state index is 0.225. The van der Waals surface area contributed by atoms with E-state index in [0.717, 1.165) is 25.0 Å². The van der Waals surface area contributed by atoms with Gasteiger partial charge in [0.15, 0.2) is 0 Å². The third kappa shape index (κ3) is 2.17. The molecular weight excluding hydrogens is 231 g/mol. The number of nitrogen functional groups attached to an aromatic ring is 1. The minimum atomic E-state index is -3.81. The molecule has 1 saturated carbocycles. The Kier molecular flexibility index (Phi) is 2.43. The van der Waals surface area contributed by atoms with E-state index in [4.69, 9.17) is 5.73 Å². The van der Waals surface area contributed by atoms with Gasteiger partial charge in [-0.05, 0) is 38.0 Å². The summed E-state index contributed by atoms with van der Waals surface area (Å²) in [5, 5.41) is 0. The highest BCUT2D eigenvalue weighted by Crippen LogP contribution is 2.36. The molecule has 0 aliphatic heterocycles. The van der Waals surface area contributed by atoms with Crippen LogP contribution in [0.5, 0.6) is 0 Å². The molecule has 88 valence electrons. The summed E-state index contributed by atoms with van der Waals surface area (Å²) in [6, 6.07) is 3.51. The summed E-state index contributed by atoms with van der Waals surface area (Å²) in [6.07, 6.45) is 1.55. The number of nitrogens with two attached hydrogens (primary N) is 1. The van der Waals surface area contributed by atoms with Gasteiger partial charge in [-0.15, -0.1) is 0 Å². The van der Waals surface area contributed by atoms with E-state index in [0.29, 0.717) is 0 Å². The number of nitrogens with one attached hydrogen (secondary N) is 1. The first-order valence-corrected chi connectivity index (χ1v) is 6.40. The van der Waals surface area contributed by atoms with Crippen molar-refractivity contribution in [2.45, 2.75) is 30.2 Å². The van der Waals surface area contributed by atoms with Crippen LogP contribution in [0.15, 0.2) is 23.1 Å². The highest BCUT2D eigenvalue weighted by atomic mass is 32.2. The van der Waals surface area contributed by atoms with Gasteiger partial charge in [-0.25, -0.2) is 17.5 Å². The van der Waals surface area contributed by atoms with E-state index in [1.807, 2.05) is 0 Å². The first kappa shape index (κ1) is 11.3. The monoisotopic (exact) mass is 244 g/mol. The van der Waals surface area contributed by atoms with Crippen LogP contribution in [-0.2, 0) is 10.0 Å². The van der Waals surface area contributed by atoms with Crippen LogP contribution in [0.25, 0.3) is 0 Å². The fourth-order valence-corrected chi connectivity index (χ4v) is 2.97. The lowest BCUT2D eigenvalue weighted by molar-refractivity contribution is 0.541. The normalized spacial score (nSPS) is 18.4. The van der Waals surface area contributed by atoms with Crippen molar-refractivity contribution in [1.82, 2.24) is 4.72 Å². The van der Waals surface area contributed by atoms with Crippen LogP contribution in [0.4, 0.5) is 10.1 Å². The van der Waals surface area contributed by atoms with Crippen LogP contribution in [0.1, 0.15) is 19.8 Å². The van der Waals surface area contributed by atoms with Gasteiger partial charge in [-0.2, -0.15) is 0 Å². The highest BCUT2D eigenvalue weighted by molar-refractivity contribution is 7.89. The summed E-state index contributed by atoms with van der Waals surface area (Å²) in [5.74, 6) is -0.786. The Bertz CT molecular complexity index is 524. The van der Waals surface area contributed by atoms with Crippen molar-refractivity contribution in [2.75, 3.05) is 5.73 Å². The van der Waals surface area contributed by atoms with Crippen molar-refractivity contribution in [3.8, 4) is 0 Å². The van der Waals surface area contributed by atoms with Crippen LogP contribution >= 0.6 is 0 Å². The average molecular weight is 244 g/mol. The molecule has 3 N–H and O–H groups in total. The van der Waals surface area contributed by atoms with Crippen molar-refractivity contribution < 1.29 is 12.8 Å². The highest BCUT2D eigenvalue weighted by Gasteiger charge is 2.41. The van der Waals surface area contributed by atoms with E-state index in [1.54, 1.807) is 6.92 Å². The van der Waals surface area contributed by atoms with Gasteiger partial charge in [0, 0.05) is 11.2 Å². The van der Waals surface area contributed by atoms with Crippen LogP contribution in [0.2, 0.25) is 0 Å². The number of hydrogen-bond acceptors (Lipinski definition) is 3. The predicted octanol–water partition coefficient (Wildman–Crippen LogP) is 1.24. The van der Waals surface area contributed by atoms with E-state index in [-0.39, 0.29) is 10.6 Å². The maximum Gasteiger partial charge on any atom is 0.244 e. The maximum atomic E-state index is 13.4. The number of hydrogen-bond donors (Lipinski definition) is 2. The molecule has 0 bridgehead atoms. The van der Waals surface area contributed by atoms with E-state index in [9.17, 15) is 12.8 Å². The molecule has 0 aromatic heterocycles. The Hall–Kier alpha value is -1.14. The summed E-state index contributed by atoms with van der Waals surface area (Å²) >= 11 is 0. The third-order valence-corrected chi connectivity index (χ3v) is 4.28. The van der Waals surface area contributed by atoms with Gasteiger partial charge < -0.3 is 5.73 Å². The molecule has 1 aliphatic rings. The smallest absolute Gasteiger partial charge is 0.244 e. The molecule has 1 aliphatic carbocycles. The lowest BCUT2D eigenvalue weighted by Gasteiger charge is -2.12. The molecule has 0 spiro atoms. The van der Waals surface area contributed by atoms with Gasteiger partial charge in [0.1, 0.15) is 10.7 Å². The molecule has 1 fully saturated rings. The first-order valence-electron chi connectivity index (χ1n) is 4.91. The van der Waals surface area contributed by atoms with Crippen molar-refractivity contribution in [3.63, 3.8) is 0 Å². The largest absolute Gasteiger partial charge is 0.399 e. The van der Waals surface area contributed by atoms with Crippen molar-refractivity contribution >= 4 is 15.7 Å². The number of sulfonamides is 1. The predicted molar refractivity (Wildman–Crippen MR) is 58.8 cm³/mol. The zero-order chi connectivity index (χ0) is 12.0. The van der Waals surface area contributed by atoms with E-state index in [2.05, 4.69) is 4.72 Å². The summed E-state index contributed by atoms with van der Waals surface area (Å²) in [7, 11) is -3.81. The van der Waals surface area contributed by atoms with Gasteiger partial charge in [0.25, 0.3) is 0 Å². The Labute approximate surface area is 93.7 Å². The lowest BCUT2D eigenvalue weighted by atomic mass is 10.3. The van der Waals surface area contributed by atoms with Crippen LogP contribution in [-0.4, -0.2) is 14.0 Å². The van der Waals surface area contributed by atoms with Gasteiger partial charge in [-0.1, -0.05) is 0 Å². The van der Waals surface area contributed by atoms with Crippen LogP contribution in [0, 0.1) is 5.82 Å². The Morgan fingerprint density at radius 3 is 2.62 bits per heavy atom. The molecule has 1 aromatic carbocycles. The zero-order valence-corrected chi connectivity index (χ0v) is 9.64. The van der Waals surface area contributed by atoms with Gasteiger partial charge >= 0.3 is 0 Å². The number of rotatable bonds is 3. The minimum Gasteiger partial charge on any atom is -0.399 e. The van der Waals surface area contributed by atoms with Crippen molar-refractivity contribution in [1.29, 1.82) is 0 Å². The van der Waals surface area contributed by atoms with Crippen LogP contribution in [0.3, 0.4) is 0 Å². The fourth-order valence-electron chi connectivity index (χ4n) is 1.39. The zero-order valence-electron chi connectivity index (χ0n) is 8.83. The topological polar surface area (TPSA) is 72.2 Å². The molecule has 0 saturated heterocycles. The van der Waals surface area contributed by atoms with E-state index < -0.39 is 21.4 Å². The quantitative estimate of drug-likeness (QED) is 0.786. The maximum absolute atomic E-state index is 13.4. The molecule has 6 heteroatoms. The van der Waals surface area contributed by atoms with Gasteiger partial charge in [0.2, 0.25) is 10.0 Å². The second-order valence-electron chi connectivity index (χ2n) is 4.36. The second-order valence-corrected chi connectivity index (χ2v) is 6.01. The van der Waals surface area contributed by atoms with E-state index >= 15 is 0 Å². The average Bonchev–Trinajstić information content (AvgIpc) is 2.86. The molecule has 0 atom stereocenters. The van der Waals surface area contributed by atoms with Gasteiger partial charge in [-0.3, -0.25) is 0 Å². The summed E-state index contributed by atoms with van der Waals surface area (Å²) in [4.78, 5) is -0.388. The molecule has 1 aromatic rings. The van der Waals surface area contributed by atoms with Crippen molar-refractivity contribution in [3.05, 3.63) is 24.0 Å². The summed E-state index contributed by atoms with van der Waals surface area (Å²) in [5.41, 5.74) is 5.25. The molecule has 4 nitrogen and oxygen atoms in total. The molecule has 0 radical (unpaired) electrons. The number of anilines is 1. The Morgan fingerprint density at radius 1 is 1.44 bits per heavy atom. The van der Waals surface area contributed by atoms with Crippen molar-refractivity contribution in [2.24, 2.45) is 0 Å². The molecule has 0 heterocycles. The SMILES string of the molecule is CC1(NS(=O)(=O)c2cc(N)ccc2F)CC1. The molecule has 2 rings (SSSR count). The standard InChI is InChI=1S/C10H13FN2O2S/c1-10(4-5-10)13-16(14,15)9-6-7(12)2-3-8(9)11/h2-3,6,13H,4-5,12H2,1H3. The molecular formula is C10H13FN2O2S. The van der Waals surface area contributed by atoms with Gasteiger partial charge in [0.05, 0.1) is 0 Å². The van der Waals surface area contributed by atoms with Crippen LogP contribution < -0.4 is 10.5 Å². The number of benzene rings is 1. The second kappa shape index (κ2) is 3.43. The number of halogens is 1. The Balaban J connectivity index is 2.38. The first-order chi connectivity index (χ1) is 7.32. The van der Waals surface area contributed by atoms with E-state index in [1.165, 1.54) is 6.07 Å². The summed E-state index contributed by atoms with van der Waals surface area (Å²) < 4.78 is 39.6.